The summed E-state index contributed by atoms with van der Waals surface area (Å²) < 4.78 is 36.8. The van der Waals surface area contributed by atoms with Gasteiger partial charge in [0.2, 0.25) is 0 Å². The van der Waals surface area contributed by atoms with Crippen molar-refractivity contribution in [3.63, 3.8) is 0 Å². The Labute approximate surface area is 93.5 Å². The van der Waals surface area contributed by atoms with Gasteiger partial charge in [0.1, 0.15) is 0 Å². The van der Waals surface area contributed by atoms with Crippen molar-refractivity contribution >= 4 is 0 Å². The summed E-state index contributed by atoms with van der Waals surface area (Å²) in [6, 6.07) is 7.39. The van der Waals surface area contributed by atoms with Crippen LogP contribution in [0.15, 0.2) is 24.3 Å². The number of hydrogen-bond donors (Lipinski definition) is 1. The maximum atomic E-state index is 12.3. The second-order valence-corrected chi connectivity index (χ2v) is 4.00. The smallest absolute Gasteiger partial charge is 0.326 e. The Morgan fingerprint density at radius 2 is 1.62 bits per heavy atom. The molecule has 0 bridgehead atoms. The Morgan fingerprint density at radius 3 is 2.06 bits per heavy atom. The van der Waals surface area contributed by atoms with Crippen molar-refractivity contribution < 1.29 is 13.2 Å². The number of halogens is 3. The van der Waals surface area contributed by atoms with Gasteiger partial charge in [-0.25, -0.2) is 0 Å². The molecule has 1 aromatic rings. The van der Waals surface area contributed by atoms with E-state index in [1.165, 1.54) is 6.92 Å². The average Bonchev–Trinajstić information content (AvgIpc) is 2.25. The van der Waals surface area contributed by atoms with E-state index in [4.69, 9.17) is 5.73 Å². The van der Waals surface area contributed by atoms with Crippen LogP contribution in [0.3, 0.4) is 0 Å². The topological polar surface area (TPSA) is 26.0 Å². The Balaban J connectivity index is 2.48. The van der Waals surface area contributed by atoms with Crippen molar-refractivity contribution in [3.8, 4) is 0 Å². The highest BCUT2D eigenvalue weighted by Gasteiger charge is 2.35. The molecule has 4 heteroatoms. The third-order valence-corrected chi connectivity index (χ3v) is 2.68. The molecule has 0 aliphatic carbocycles. The maximum Gasteiger partial charge on any atom is 0.391 e. The van der Waals surface area contributed by atoms with E-state index in [2.05, 4.69) is 0 Å². The van der Waals surface area contributed by atoms with Gasteiger partial charge in [-0.15, -0.1) is 0 Å². The molecule has 0 amide bonds. The summed E-state index contributed by atoms with van der Waals surface area (Å²) in [4.78, 5) is 0. The lowest BCUT2D eigenvalue weighted by atomic mass is 10.00. The molecule has 1 rings (SSSR count). The quantitative estimate of drug-likeness (QED) is 0.845. The summed E-state index contributed by atoms with van der Waals surface area (Å²) in [6.45, 7) is 1.67. The molecule has 90 valence electrons. The van der Waals surface area contributed by atoms with Gasteiger partial charge in [0, 0.05) is 6.54 Å². The minimum absolute atomic E-state index is 0.130. The maximum absolute atomic E-state index is 12.3. The summed E-state index contributed by atoms with van der Waals surface area (Å²) in [5, 5.41) is 0. The van der Waals surface area contributed by atoms with Crippen molar-refractivity contribution in [2.45, 2.75) is 32.5 Å². The highest BCUT2D eigenvalue weighted by Crippen LogP contribution is 2.29. The predicted molar refractivity (Wildman–Crippen MR) is 57.9 cm³/mol. The second kappa shape index (κ2) is 5.34. The fourth-order valence-electron chi connectivity index (χ4n) is 1.39. The van der Waals surface area contributed by atoms with Gasteiger partial charge in [0.15, 0.2) is 0 Å². The van der Waals surface area contributed by atoms with Crippen LogP contribution in [0.25, 0.3) is 0 Å². The molecule has 1 aromatic carbocycles. The SMILES string of the molecule is CC(CCc1ccc(CN)cc1)C(F)(F)F. The predicted octanol–water partition coefficient (Wildman–Crippen LogP) is 3.28. The zero-order valence-electron chi connectivity index (χ0n) is 9.22. The normalized spacial score (nSPS) is 13.8. The molecule has 0 heterocycles. The van der Waals surface area contributed by atoms with E-state index in [1.54, 1.807) is 0 Å². The first kappa shape index (κ1) is 13.0. The highest BCUT2D eigenvalue weighted by molar-refractivity contribution is 5.22. The Kier molecular flexibility index (Phi) is 4.35. The largest absolute Gasteiger partial charge is 0.391 e. The summed E-state index contributed by atoms with van der Waals surface area (Å²) in [6.07, 6.45) is -3.51. The third kappa shape index (κ3) is 3.85. The standard InChI is InChI=1S/C12H16F3N/c1-9(12(13,14)15)2-3-10-4-6-11(8-16)7-5-10/h4-7,9H,2-3,8,16H2,1H3. The highest BCUT2D eigenvalue weighted by atomic mass is 19.4. The van der Waals surface area contributed by atoms with E-state index in [-0.39, 0.29) is 6.42 Å². The van der Waals surface area contributed by atoms with E-state index < -0.39 is 12.1 Å². The lowest BCUT2D eigenvalue weighted by molar-refractivity contribution is -0.170. The molecule has 1 unspecified atom stereocenters. The number of aryl methyl sites for hydroxylation is 1. The lowest BCUT2D eigenvalue weighted by Gasteiger charge is -2.15. The van der Waals surface area contributed by atoms with Crippen LogP contribution in [-0.2, 0) is 13.0 Å². The minimum atomic E-state index is -4.09. The van der Waals surface area contributed by atoms with Crippen LogP contribution in [0.2, 0.25) is 0 Å². The van der Waals surface area contributed by atoms with Crippen LogP contribution in [-0.4, -0.2) is 6.18 Å². The zero-order valence-corrected chi connectivity index (χ0v) is 9.22. The third-order valence-electron chi connectivity index (χ3n) is 2.68. The minimum Gasteiger partial charge on any atom is -0.326 e. The molecule has 0 aromatic heterocycles. The summed E-state index contributed by atoms with van der Waals surface area (Å²) in [5.74, 6) is -1.25. The first-order valence-electron chi connectivity index (χ1n) is 5.28. The summed E-state index contributed by atoms with van der Waals surface area (Å²) >= 11 is 0. The number of alkyl halides is 3. The van der Waals surface area contributed by atoms with Crippen LogP contribution >= 0.6 is 0 Å². The molecule has 0 saturated carbocycles. The molecule has 0 saturated heterocycles. The Morgan fingerprint density at radius 1 is 1.12 bits per heavy atom. The summed E-state index contributed by atoms with van der Waals surface area (Å²) in [5.41, 5.74) is 7.35. The van der Waals surface area contributed by atoms with Gasteiger partial charge in [-0.2, -0.15) is 13.2 Å². The van der Waals surface area contributed by atoms with Gasteiger partial charge in [-0.05, 0) is 24.0 Å². The van der Waals surface area contributed by atoms with Crippen molar-refractivity contribution in [1.82, 2.24) is 0 Å². The number of nitrogens with two attached hydrogens (primary N) is 1. The van der Waals surface area contributed by atoms with Crippen LogP contribution < -0.4 is 5.73 Å². The monoisotopic (exact) mass is 231 g/mol. The number of rotatable bonds is 4. The molecule has 1 nitrogen and oxygen atoms in total. The van der Waals surface area contributed by atoms with E-state index in [0.29, 0.717) is 13.0 Å². The molecule has 1 atom stereocenters. The molecular weight excluding hydrogens is 215 g/mol. The molecule has 0 aliphatic heterocycles. The number of benzene rings is 1. The van der Waals surface area contributed by atoms with E-state index in [0.717, 1.165) is 11.1 Å². The van der Waals surface area contributed by atoms with Gasteiger partial charge in [0.05, 0.1) is 5.92 Å². The summed E-state index contributed by atoms with van der Waals surface area (Å²) in [7, 11) is 0. The van der Waals surface area contributed by atoms with Gasteiger partial charge in [-0.1, -0.05) is 31.2 Å². The van der Waals surface area contributed by atoms with Crippen molar-refractivity contribution in [1.29, 1.82) is 0 Å². The number of hydrogen-bond acceptors (Lipinski definition) is 1. The molecule has 0 spiro atoms. The lowest BCUT2D eigenvalue weighted by Crippen LogP contribution is -2.20. The zero-order chi connectivity index (χ0) is 12.2. The van der Waals surface area contributed by atoms with Crippen molar-refractivity contribution in [2.24, 2.45) is 11.7 Å². The second-order valence-electron chi connectivity index (χ2n) is 4.00. The van der Waals surface area contributed by atoms with E-state index in [9.17, 15) is 13.2 Å². The van der Waals surface area contributed by atoms with Gasteiger partial charge in [0.25, 0.3) is 0 Å². The first-order chi connectivity index (χ1) is 7.43. The molecule has 0 fully saturated rings. The van der Waals surface area contributed by atoms with Gasteiger partial charge in [-0.3, -0.25) is 0 Å². The average molecular weight is 231 g/mol. The van der Waals surface area contributed by atoms with Crippen LogP contribution in [0.1, 0.15) is 24.5 Å². The van der Waals surface area contributed by atoms with Crippen molar-refractivity contribution in [3.05, 3.63) is 35.4 Å². The Hall–Kier alpha value is -1.03. The first-order valence-corrected chi connectivity index (χ1v) is 5.28. The molecule has 16 heavy (non-hydrogen) atoms. The van der Waals surface area contributed by atoms with Crippen LogP contribution in [0.5, 0.6) is 0 Å². The molecular formula is C12H16F3N. The van der Waals surface area contributed by atoms with Crippen LogP contribution in [0, 0.1) is 5.92 Å². The van der Waals surface area contributed by atoms with Gasteiger partial charge >= 0.3 is 6.18 Å². The van der Waals surface area contributed by atoms with E-state index >= 15 is 0 Å². The van der Waals surface area contributed by atoms with Crippen LogP contribution in [0.4, 0.5) is 13.2 Å². The molecule has 2 N–H and O–H groups in total. The van der Waals surface area contributed by atoms with Gasteiger partial charge < -0.3 is 5.73 Å². The molecule has 0 radical (unpaired) electrons. The van der Waals surface area contributed by atoms with Crippen molar-refractivity contribution in [2.75, 3.05) is 0 Å². The molecule has 0 aliphatic rings. The fourth-order valence-corrected chi connectivity index (χ4v) is 1.39. The Bertz CT molecular complexity index is 316. The van der Waals surface area contributed by atoms with E-state index in [1.807, 2.05) is 24.3 Å². The fraction of sp³-hybridized carbons (Fsp3) is 0.500.